The molecule has 4 aromatic rings. The SMILES string of the molecule is Cc1cc(Nc2cccc([C@@H]3CCCN(C(=O)Cn4c(CC(C)C)nc5ccccc54)C3)n2)n[nH]1. The van der Waals surface area contributed by atoms with E-state index in [-0.39, 0.29) is 11.8 Å². The number of benzene rings is 1. The quantitative estimate of drug-likeness (QED) is 0.404. The number of piperidine rings is 1. The van der Waals surface area contributed by atoms with E-state index in [1.54, 1.807) is 0 Å². The normalized spacial score (nSPS) is 16.2. The van der Waals surface area contributed by atoms with E-state index < -0.39 is 0 Å². The zero-order valence-corrected chi connectivity index (χ0v) is 20.7. The van der Waals surface area contributed by atoms with Crippen molar-refractivity contribution in [1.29, 1.82) is 0 Å². The molecule has 1 aliphatic heterocycles. The van der Waals surface area contributed by atoms with E-state index in [0.29, 0.717) is 19.0 Å². The molecule has 3 aromatic heterocycles. The van der Waals surface area contributed by atoms with Crippen LogP contribution in [0.4, 0.5) is 11.6 Å². The molecule has 1 fully saturated rings. The molecule has 1 atom stereocenters. The van der Waals surface area contributed by atoms with Gasteiger partial charge in [-0.1, -0.05) is 32.0 Å². The number of hydrogen-bond acceptors (Lipinski definition) is 5. The molecule has 4 heterocycles. The predicted octanol–water partition coefficient (Wildman–Crippen LogP) is 4.81. The summed E-state index contributed by atoms with van der Waals surface area (Å²) in [6.07, 6.45) is 2.84. The van der Waals surface area contributed by atoms with Crippen LogP contribution in [-0.4, -0.2) is 48.6 Å². The van der Waals surface area contributed by atoms with Crippen LogP contribution in [0.2, 0.25) is 0 Å². The topological polar surface area (TPSA) is 91.7 Å². The number of pyridine rings is 1. The molecular weight excluding hydrogens is 438 g/mol. The summed E-state index contributed by atoms with van der Waals surface area (Å²) < 4.78 is 2.11. The second-order valence-corrected chi connectivity index (χ2v) is 9.89. The van der Waals surface area contributed by atoms with Crippen molar-refractivity contribution in [2.45, 2.75) is 52.5 Å². The number of nitrogens with one attached hydrogen (secondary N) is 2. The second kappa shape index (κ2) is 9.90. The van der Waals surface area contributed by atoms with Crippen LogP contribution in [0.1, 0.15) is 49.8 Å². The largest absolute Gasteiger partial charge is 0.340 e. The number of nitrogens with zero attached hydrogens (tertiary/aromatic N) is 5. The van der Waals surface area contributed by atoms with Gasteiger partial charge in [-0.2, -0.15) is 5.10 Å². The first-order valence-electron chi connectivity index (χ1n) is 12.4. The van der Waals surface area contributed by atoms with Gasteiger partial charge in [0.2, 0.25) is 5.91 Å². The number of para-hydroxylation sites is 2. The van der Waals surface area contributed by atoms with Gasteiger partial charge < -0.3 is 14.8 Å². The minimum atomic E-state index is 0.143. The number of aromatic amines is 1. The lowest BCUT2D eigenvalue weighted by Gasteiger charge is -2.33. The van der Waals surface area contributed by atoms with Crippen LogP contribution in [0, 0.1) is 12.8 Å². The minimum absolute atomic E-state index is 0.143. The number of amides is 1. The second-order valence-electron chi connectivity index (χ2n) is 9.89. The summed E-state index contributed by atoms with van der Waals surface area (Å²) in [6.45, 7) is 8.12. The molecule has 0 unspecified atom stereocenters. The molecule has 1 amide bonds. The van der Waals surface area contributed by atoms with Gasteiger partial charge in [0.1, 0.15) is 18.2 Å². The van der Waals surface area contributed by atoms with Crippen LogP contribution in [0.5, 0.6) is 0 Å². The molecule has 1 aromatic carbocycles. The summed E-state index contributed by atoms with van der Waals surface area (Å²) in [5.74, 6) is 3.32. The summed E-state index contributed by atoms with van der Waals surface area (Å²) in [4.78, 5) is 25.1. The average molecular weight is 472 g/mol. The Balaban J connectivity index is 1.31. The fourth-order valence-electron chi connectivity index (χ4n) is 4.86. The number of H-pyrrole nitrogens is 1. The van der Waals surface area contributed by atoms with E-state index in [1.165, 1.54) is 0 Å². The molecule has 0 aliphatic carbocycles. The smallest absolute Gasteiger partial charge is 0.242 e. The maximum absolute atomic E-state index is 13.5. The number of carbonyl (C=O) groups excluding carboxylic acids is 1. The Morgan fingerprint density at radius 2 is 2.00 bits per heavy atom. The van der Waals surface area contributed by atoms with Crippen molar-refractivity contribution in [3.8, 4) is 0 Å². The zero-order valence-electron chi connectivity index (χ0n) is 20.7. The number of anilines is 2. The fourth-order valence-corrected chi connectivity index (χ4v) is 4.86. The third kappa shape index (κ3) is 5.21. The molecule has 8 heteroatoms. The standard InChI is InChI=1S/C27H33N7O/c1-18(2)14-26-29-22-9-4-5-11-23(22)34(26)17-27(35)33-13-7-8-20(16-33)21-10-6-12-24(28-21)30-25-15-19(3)31-32-25/h4-6,9-12,15,18,20H,7-8,13-14,16-17H2,1-3H3,(H2,28,30,31,32)/t20-/m1/s1. The molecule has 1 saturated heterocycles. The number of aryl methyl sites for hydroxylation is 1. The van der Waals surface area contributed by atoms with E-state index in [0.717, 1.165) is 65.7 Å². The fraction of sp³-hybridized carbons (Fsp3) is 0.407. The average Bonchev–Trinajstić information content (AvgIpc) is 3.41. The first-order chi connectivity index (χ1) is 17.0. The lowest BCUT2D eigenvalue weighted by Crippen LogP contribution is -2.41. The summed E-state index contributed by atoms with van der Waals surface area (Å²) in [5.41, 5.74) is 3.98. The number of aromatic nitrogens is 5. The number of hydrogen-bond donors (Lipinski definition) is 2. The number of fused-ring (bicyclic) bond motifs is 1. The zero-order chi connectivity index (χ0) is 24.4. The van der Waals surface area contributed by atoms with Crippen molar-refractivity contribution in [2.24, 2.45) is 5.92 Å². The van der Waals surface area contributed by atoms with Gasteiger partial charge in [0.15, 0.2) is 5.82 Å². The Hall–Kier alpha value is -3.68. The molecule has 1 aliphatic rings. The van der Waals surface area contributed by atoms with E-state index in [2.05, 4.69) is 46.1 Å². The summed E-state index contributed by atoms with van der Waals surface area (Å²) in [7, 11) is 0. The molecule has 182 valence electrons. The van der Waals surface area contributed by atoms with Crippen molar-refractivity contribution in [3.63, 3.8) is 0 Å². The molecule has 5 rings (SSSR count). The monoisotopic (exact) mass is 471 g/mol. The Morgan fingerprint density at radius 3 is 2.80 bits per heavy atom. The van der Waals surface area contributed by atoms with Crippen LogP contribution in [-0.2, 0) is 17.8 Å². The van der Waals surface area contributed by atoms with E-state index in [4.69, 9.17) is 9.97 Å². The highest BCUT2D eigenvalue weighted by Crippen LogP contribution is 2.28. The van der Waals surface area contributed by atoms with Gasteiger partial charge in [-0.05, 0) is 49.9 Å². The number of imidazole rings is 1. The molecule has 0 saturated carbocycles. The van der Waals surface area contributed by atoms with Crippen LogP contribution < -0.4 is 5.32 Å². The van der Waals surface area contributed by atoms with Gasteiger partial charge in [0, 0.05) is 42.9 Å². The molecule has 8 nitrogen and oxygen atoms in total. The van der Waals surface area contributed by atoms with Crippen LogP contribution >= 0.6 is 0 Å². The summed E-state index contributed by atoms with van der Waals surface area (Å²) in [5, 5.41) is 10.4. The molecule has 2 N–H and O–H groups in total. The van der Waals surface area contributed by atoms with Gasteiger partial charge in [0.25, 0.3) is 0 Å². The lowest BCUT2D eigenvalue weighted by atomic mass is 9.94. The Bertz CT molecular complexity index is 1320. The molecule has 0 bridgehead atoms. The van der Waals surface area contributed by atoms with Crippen molar-refractivity contribution in [3.05, 3.63) is 65.7 Å². The highest BCUT2D eigenvalue weighted by Gasteiger charge is 2.27. The molecule has 0 spiro atoms. The third-order valence-corrected chi connectivity index (χ3v) is 6.54. The third-order valence-electron chi connectivity index (χ3n) is 6.54. The number of carbonyl (C=O) groups is 1. The highest BCUT2D eigenvalue weighted by molar-refractivity contribution is 5.81. The van der Waals surface area contributed by atoms with Crippen LogP contribution in [0.3, 0.4) is 0 Å². The van der Waals surface area contributed by atoms with E-state index in [1.807, 2.05) is 48.2 Å². The van der Waals surface area contributed by atoms with Crippen molar-refractivity contribution in [2.75, 3.05) is 18.4 Å². The molecule has 35 heavy (non-hydrogen) atoms. The Morgan fingerprint density at radius 1 is 1.14 bits per heavy atom. The first kappa shape index (κ1) is 23.1. The maximum Gasteiger partial charge on any atom is 0.242 e. The summed E-state index contributed by atoms with van der Waals surface area (Å²) in [6, 6.07) is 16.1. The van der Waals surface area contributed by atoms with Gasteiger partial charge >= 0.3 is 0 Å². The first-order valence-corrected chi connectivity index (χ1v) is 12.4. The number of likely N-dealkylation sites (tertiary alicyclic amines) is 1. The van der Waals surface area contributed by atoms with Gasteiger partial charge in [-0.25, -0.2) is 9.97 Å². The Kier molecular flexibility index (Phi) is 6.53. The maximum atomic E-state index is 13.5. The lowest BCUT2D eigenvalue weighted by molar-refractivity contribution is -0.133. The van der Waals surface area contributed by atoms with Crippen LogP contribution in [0.25, 0.3) is 11.0 Å². The minimum Gasteiger partial charge on any atom is -0.340 e. The Labute approximate surface area is 205 Å². The summed E-state index contributed by atoms with van der Waals surface area (Å²) >= 11 is 0. The predicted molar refractivity (Wildman–Crippen MR) is 138 cm³/mol. The highest BCUT2D eigenvalue weighted by atomic mass is 16.2. The number of rotatable bonds is 7. The van der Waals surface area contributed by atoms with E-state index in [9.17, 15) is 4.79 Å². The van der Waals surface area contributed by atoms with Crippen molar-refractivity contribution < 1.29 is 4.79 Å². The van der Waals surface area contributed by atoms with Crippen molar-refractivity contribution >= 4 is 28.6 Å². The van der Waals surface area contributed by atoms with Gasteiger partial charge in [0.05, 0.1) is 11.0 Å². The van der Waals surface area contributed by atoms with Crippen molar-refractivity contribution in [1.82, 2.24) is 29.6 Å². The molecule has 0 radical (unpaired) electrons. The van der Waals surface area contributed by atoms with Gasteiger partial charge in [-0.15, -0.1) is 0 Å². The van der Waals surface area contributed by atoms with Gasteiger partial charge in [-0.3, -0.25) is 9.89 Å². The van der Waals surface area contributed by atoms with Crippen LogP contribution in [0.15, 0.2) is 48.5 Å². The van der Waals surface area contributed by atoms with E-state index >= 15 is 0 Å². The molecular formula is C27H33N7O.